The second kappa shape index (κ2) is 11.6. The Morgan fingerprint density at radius 1 is 0.340 bits per heavy atom. The van der Waals surface area contributed by atoms with Crippen molar-refractivity contribution in [2.24, 2.45) is 0 Å². The Morgan fingerprint density at radius 3 is 1.51 bits per heavy atom. The molecule has 2 aliphatic carbocycles. The molecule has 0 amide bonds. The Balaban J connectivity index is 1.22. The minimum Gasteiger partial charge on any atom is -0.228 e. The first kappa shape index (κ1) is 29.8. The minimum atomic E-state index is -0.472. The zero-order chi connectivity index (χ0) is 34.9. The second-order valence-corrected chi connectivity index (χ2v) is 14.1. The van der Waals surface area contributed by atoms with Gasteiger partial charge in [-0.2, -0.15) is 0 Å². The molecular weight excluding hydrogens is 641 g/mol. The van der Waals surface area contributed by atoms with E-state index in [0.29, 0.717) is 5.82 Å². The molecule has 1 heterocycles. The van der Waals surface area contributed by atoms with Crippen LogP contribution in [0.3, 0.4) is 0 Å². The molecule has 0 N–H and O–H groups in total. The molecule has 0 atom stereocenters. The van der Waals surface area contributed by atoms with E-state index in [-0.39, 0.29) is 0 Å². The van der Waals surface area contributed by atoms with Gasteiger partial charge in [0.05, 0.1) is 16.8 Å². The van der Waals surface area contributed by atoms with Crippen molar-refractivity contribution in [1.29, 1.82) is 0 Å². The van der Waals surface area contributed by atoms with Crippen molar-refractivity contribution in [3.05, 3.63) is 216 Å². The van der Waals surface area contributed by atoms with Crippen molar-refractivity contribution in [1.82, 2.24) is 9.97 Å². The average Bonchev–Trinajstić information content (AvgIpc) is 3.72. The fourth-order valence-corrected chi connectivity index (χ4v) is 9.09. The molecule has 0 fully saturated rings. The van der Waals surface area contributed by atoms with Crippen LogP contribution in [0.15, 0.2) is 194 Å². The van der Waals surface area contributed by atoms with Crippen LogP contribution in [-0.4, -0.2) is 9.97 Å². The molecule has 0 radical (unpaired) electrons. The second-order valence-electron chi connectivity index (χ2n) is 14.1. The maximum absolute atomic E-state index is 5.41. The molecule has 8 aromatic carbocycles. The SMILES string of the molecule is c1ccc(-c2ccc(-c3cc(-c4cc5ccccc5c5c4-c4ccccc4C54c5ccccc5-c5ccccc54)nc(-c4ccccc4)n3)cc2)cc1. The summed E-state index contributed by atoms with van der Waals surface area (Å²) in [7, 11) is 0. The molecule has 1 spiro atoms. The fourth-order valence-electron chi connectivity index (χ4n) is 9.09. The highest BCUT2D eigenvalue weighted by Gasteiger charge is 2.53. The van der Waals surface area contributed by atoms with E-state index in [1.807, 2.05) is 6.07 Å². The fraction of sp³-hybridized carbons (Fsp3) is 0.0196. The zero-order valence-electron chi connectivity index (χ0n) is 28.9. The van der Waals surface area contributed by atoms with Crippen LogP contribution >= 0.6 is 0 Å². The van der Waals surface area contributed by atoms with E-state index in [0.717, 1.165) is 28.1 Å². The number of nitrogens with zero attached hydrogens (tertiary/aromatic N) is 2. The zero-order valence-corrected chi connectivity index (χ0v) is 28.9. The van der Waals surface area contributed by atoms with Crippen molar-refractivity contribution >= 4 is 10.8 Å². The first-order chi connectivity index (χ1) is 26.3. The lowest BCUT2D eigenvalue weighted by Gasteiger charge is -2.31. The van der Waals surface area contributed by atoms with Gasteiger partial charge in [0.15, 0.2) is 5.82 Å². The molecule has 11 rings (SSSR count). The number of benzene rings is 8. The van der Waals surface area contributed by atoms with Gasteiger partial charge in [0.1, 0.15) is 0 Å². The van der Waals surface area contributed by atoms with Crippen molar-refractivity contribution in [3.8, 4) is 67.3 Å². The van der Waals surface area contributed by atoms with Crippen LogP contribution in [0.2, 0.25) is 0 Å². The summed E-state index contributed by atoms with van der Waals surface area (Å²) < 4.78 is 0. The first-order valence-electron chi connectivity index (χ1n) is 18.3. The first-order valence-corrected chi connectivity index (χ1v) is 18.3. The van der Waals surface area contributed by atoms with Crippen LogP contribution in [-0.2, 0) is 5.41 Å². The van der Waals surface area contributed by atoms with Gasteiger partial charge >= 0.3 is 0 Å². The van der Waals surface area contributed by atoms with E-state index in [2.05, 4.69) is 188 Å². The van der Waals surface area contributed by atoms with Gasteiger partial charge in [-0.25, -0.2) is 9.97 Å². The van der Waals surface area contributed by atoms with E-state index in [1.165, 1.54) is 66.4 Å². The normalized spacial score (nSPS) is 13.1. The Hall–Kier alpha value is -6.90. The smallest absolute Gasteiger partial charge is 0.160 e. The maximum Gasteiger partial charge on any atom is 0.160 e. The summed E-state index contributed by atoms with van der Waals surface area (Å²) in [6.45, 7) is 0. The standard InChI is InChI=1S/C51H32N2/c1-3-15-33(16-4-1)34-27-29-35(30-28-34)46-32-47(53-50(52-46)36-17-5-2-6-18-36)42-31-37-19-7-8-20-38(37)49-48(42)41-23-11-14-26-45(41)51(49)43-24-12-9-21-39(43)40-22-10-13-25-44(40)51/h1-32H. The van der Waals surface area contributed by atoms with Gasteiger partial charge in [-0.15, -0.1) is 0 Å². The minimum absolute atomic E-state index is 0.472. The van der Waals surface area contributed by atoms with E-state index in [9.17, 15) is 0 Å². The number of hydrogen-bond donors (Lipinski definition) is 0. The Labute approximate surface area is 308 Å². The summed E-state index contributed by atoms with van der Waals surface area (Å²) in [4.78, 5) is 10.6. The lowest BCUT2D eigenvalue weighted by Crippen LogP contribution is -2.26. The molecule has 9 aromatic rings. The molecule has 0 bridgehead atoms. The Kier molecular flexibility index (Phi) is 6.50. The monoisotopic (exact) mass is 672 g/mol. The molecule has 2 aliphatic rings. The van der Waals surface area contributed by atoms with Gasteiger partial charge in [-0.1, -0.05) is 182 Å². The largest absolute Gasteiger partial charge is 0.228 e. The maximum atomic E-state index is 5.41. The summed E-state index contributed by atoms with van der Waals surface area (Å²) in [5.74, 6) is 0.713. The van der Waals surface area contributed by atoms with Gasteiger partial charge in [-0.05, 0) is 78.5 Å². The predicted octanol–water partition coefficient (Wildman–Crippen LogP) is 12.6. The predicted molar refractivity (Wildman–Crippen MR) is 218 cm³/mol. The van der Waals surface area contributed by atoms with Gasteiger partial charge in [0, 0.05) is 16.7 Å². The lowest BCUT2D eigenvalue weighted by atomic mass is 9.69. The van der Waals surface area contributed by atoms with E-state index in [1.54, 1.807) is 0 Å². The Bertz CT molecular complexity index is 2830. The molecule has 2 heteroatoms. The molecule has 2 nitrogen and oxygen atoms in total. The van der Waals surface area contributed by atoms with Crippen LogP contribution in [0, 0.1) is 0 Å². The molecular formula is C51H32N2. The third-order valence-electron chi connectivity index (χ3n) is 11.3. The highest BCUT2D eigenvalue weighted by Crippen LogP contribution is 2.65. The highest BCUT2D eigenvalue weighted by molar-refractivity contribution is 6.08. The lowest BCUT2D eigenvalue weighted by molar-refractivity contribution is 0.801. The summed E-state index contributed by atoms with van der Waals surface area (Å²) in [5.41, 5.74) is 17.3. The number of fused-ring (bicyclic) bond motifs is 12. The molecule has 0 saturated heterocycles. The summed E-state index contributed by atoms with van der Waals surface area (Å²) in [5, 5.41) is 2.46. The van der Waals surface area contributed by atoms with Crippen LogP contribution in [0.25, 0.3) is 78.1 Å². The molecule has 1 aromatic heterocycles. The summed E-state index contributed by atoms with van der Waals surface area (Å²) in [6.07, 6.45) is 0. The molecule has 0 unspecified atom stereocenters. The van der Waals surface area contributed by atoms with Crippen molar-refractivity contribution in [2.45, 2.75) is 5.41 Å². The average molecular weight is 673 g/mol. The van der Waals surface area contributed by atoms with Gasteiger partial charge in [-0.3, -0.25) is 0 Å². The van der Waals surface area contributed by atoms with Gasteiger partial charge in [0.2, 0.25) is 0 Å². The van der Waals surface area contributed by atoms with Crippen LogP contribution in [0.5, 0.6) is 0 Å². The molecule has 53 heavy (non-hydrogen) atoms. The van der Waals surface area contributed by atoms with Crippen LogP contribution in [0.4, 0.5) is 0 Å². The molecule has 0 aliphatic heterocycles. The van der Waals surface area contributed by atoms with Crippen LogP contribution < -0.4 is 0 Å². The third-order valence-corrected chi connectivity index (χ3v) is 11.3. The van der Waals surface area contributed by atoms with Crippen molar-refractivity contribution in [3.63, 3.8) is 0 Å². The Morgan fingerprint density at radius 2 is 0.830 bits per heavy atom. The number of aromatic nitrogens is 2. The summed E-state index contributed by atoms with van der Waals surface area (Å²) >= 11 is 0. The molecule has 246 valence electrons. The van der Waals surface area contributed by atoms with E-state index < -0.39 is 5.41 Å². The van der Waals surface area contributed by atoms with Gasteiger partial charge < -0.3 is 0 Å². The quantitative estimate of drug-likeness (QED) is 0.186. The highest BCUT2D eigenvalue weighted by atomic mass is 14.9. The third kappa shape index (κ3) is 4.33. The number of hydrogen-bond acceptors (Lipinski definition) is 2. The van der Waals surface area contributed by atoms with Crippen molar-refractivity contribution in [2.75, 3.05) is 0 Å². The summed E-state index contributed by atoms with van der Waals surface area (Å²) in [6, 6.07) is 70.1. The molecule has 0 saturated carbocycles. The van der Waals surface area contributed by atoms with Crippen molar-refractivity contribution < 1.29 is 0 Å². The number of rotatable bonds is 4. The van der Waals surface area contributed by atoms with E-state index >= 15 is 0 Å². The topological polar surface area (TPSA) is 25.8 Å². The van der Waals surface area contributed by atoms with Gasteiger partial charge in [0.25, 0.3) is 0 Å². The van der Waals surface area contributed by atoms with E-state index in [4.69, 9.17) is 9.97 Å². The van der Waals surface area contributed by atoms with Crippen LogP contribution in [0.1, 0.15) is 22.3 Å².